The summed E-state index contributed by atoms with van der Waals surface area (Å²) in [5.74, 6) is -4.32. The molecule has 20 heavy (non-hydrogen) atoms. The molecule has 1 aliphatic rings. The fourth-order valence-corrected chi connectivity index (χ4v) is 2.77. The van der Waals surface area contributed by atoms with Crippen molar-refractivity contribution in [1.82, 2.24) is 0 Å². The Morgan fingerprint density at radius 1 is 1.45 bits per heavy atom. The zero-order chi connectivity index (χ0) is 15.1. The van der Waals surface area contributed by atoms with Crippen LogP contribution in [0, 0.1) is 5.41 Å². The number of hydrogen-bond acceptors (Lipinski definition) is 2. The van der Waals surface area contributed by atoms with Crippen LogP contribution in [-0.4, -0.2) is 17.7 Å². The van der Waals surface area contributed by atoms with E-state index in [0.29, 0.717) is 17.5 Å². The van der Waals surface area contributed by atoms with Crippen LogP contribution in [0.2, 0.25) is 0 Å². The Bertz CT molecular complexity index is 556. The predicted molar refractivity (Wildman–Crippen MR) is 73.3 cm³/mol. The van der Waals surface area contributed by atoms with Gasteiger partial charge >= 0.3 is 5.97 Å². The van der Waals surface area contributed by atoms with Gasteiger partial charge in [0.15, 0.2) is 0 Å². The number of carbonyl (C=O) groups is 1. The molecule has 0 aromatic heterocycles. The highest BCUT2D eigenvalue weighted by Crippen LogP contribution is 2.46. The second-order valence-corrected chi connectivity index (χ2v) is 6.53. The van der Waals surface area contributed by atoms with Crippen molar-refractivity contribution in [2.24, 2.45) is 5.41 Å². The number of rotatable bonds is 4. The summed E-state index contributed by atoms with van der Waals surface area (Å²) in [6.45, 7) is 2.96. The summed E-state index contributed by atoms with van der Waals surface area (Å²) in [5, 5.41) is 9.03. The molecule has 0 amide bonds. The van der Waals surface area contributed by atoms with Crippen LogP contribution in [-0.2, 0) is 17.1 Å². The molecule has 110 valence electrons. The van der Waals surface area contributed by atoms with E-state index in [1.807, 2.05) is 0 Å². The van der Waals surface area contributed by atoms with Crippen LogP contribution < -0.4 is 4.74 Å². The van der Waals surface area contributed by atoms with Gasteiger partial charge in [-0.25, -0.2) is 8.78 Å². The molecule has 0 fully saturated rings. The molecule has 1 aliphatic heterocycles. The van der Waals surface area contributed by atoms with Crippen molar-refractivity contribution < 1.29 is 23.4 Å². The van der Waals surface area contributed by atoms with E-state index in [-0.39, 0.29) is 11.3 Å². The predicted octanol–water partition coefficient (Wildman–Crippen LogP) is 3.98. The highest BCUT2D eigenvalue weighted by atomic mass is 79.9. The molecule has 0 saturated heterocycles. The van der Waals surface area contributed by atoms with Crippen molar-refractivity contribution in [3.63, 3.8) is 0 Å². The number of alkyl halides is 2. The summed E-state index contributed by atoms with van der Waals surface area (Å²) in [5.41, 5.74) is -1.03. The van der Waals surface area contributed by atoms with Gasteiger partial charge in [-0.15, -0.1) is 0 Å². The van der Waals surface area contributed by atoms with Crippen LogP contribution in [0.1, 0.15) is 31.4 Å². The van der Waals surface area contributed by atoms with E-state index in [9.17, 15) is 13.6 Å². The Morgan fingerprint density at radius 3 is 2.70 bits per heavy atom. The topological polar surface area (TPSA) is 46.5 Å². The first-order chi connectivity index (χ1) is 9.13. The fourth-order valence-electron chi connectivity index (χ4n) is 2.27. The molecule has 0 unspecified atom stereocenters. The molecule has 0 bridgehead atoms. The van der Waals surface area contributed by atoms with Gasteiger partial charge in [-0.3, -0.25) is 4.79 Å². The lowest BCUT2D eigenvalue weighted by atomic mass is 9.83. The Morgan fingerprint density at radius 2 is 2.10 bits per heavy atom. The molecule has 1 aromatic rings. The maximum Gasteiger partial charge on any atom is 0.309 e. The average Bonchev–Trinajstić information content (AvgIpc) is 2.73. The van der Waals surface area contributed by atoms with E-state index < -0.39 is 23.7 Å². The minimum Gasteiger partial charge on any atom is -0.492 e. The smallest absolute Gasteiger partial charge is 0.309 e. The van der Waals surface area contributed by atoms with E-state index in [1.165, 1.54) is 19.9 Å². The van der Waals surface area contributed by atoms with Crippen LogP contribution >= 0.6 is 15.9 Å². The number of benzene rings is 1. The van der Waals surface area contributed by atoms with E-state index in [1.54, 1.807) is 6.07 Å². The monoisotopic (exact) mass is 348 g/mol. The molecule has 3 nitrogen and oxygen atoms in total. The van der Waals surface area contributed by atoms with Gasteiger partial charge in [0, 0.05) is 17.3 Å². The SMILES string of the molecule is CC(C)(CC(F)(F)c1cc(Br)cc2c1OCC2)C(=O)O. The maximum atomic E-state index is 14.5. The van der Waals surface area contributed by atoms with E-state index in [4.69, 9.17) is 9.84 Å². The standard InChI is InChI=1S/C14H15BrF2O3/c1-13(2,12(18)19)7-14(16,17)10-6-9(15)5-8-3-4-20-11(8)10/h5-6H,3-4,7H2,1-2H3,(H,18,19). The zero-order valence-electron chi connectivity index (χ0n) is 11.2. The zero-order valence-corrected chi connectivity index (χ0v) is 12.8. The summed E-state index contributed by atoms with van der Waals surface area (Å²) >= 11 is 3.21. The van der Waals surface area contributed by atoms with E-state index in [0.717, 1.165) is 5.56 Å². The molecule has 6 heteroatoms. The fraction of sp³-hybridized carbons (Fsp3) is 0.500. The first kappa shape index (κ1) is 15.2. The number of carboxylic acids is 1. The minimum atomic E-state index is -3.26. The number of hydrogen-bond donors (Lipinski definition) is 1. The largest absolute Gasteiger partial charge is 0.492 e. The molecule has 1 heterocycles. The van der Waals surface area contributed by atoms with Crippen molar-refractivity contribution >= 4 is 21.9 Å². The van der Waals surface area contributed by atoms with Gasteiger partial charge in [0.05, 0.1) is 17.6 Å². The van der Waals surface area contributed by atoms with Crippen molar-refractivity contribution in [3.8, 4) is 5.75 Å². The molecule has 0 aliphatic carbocycles. The van der Waals surface area contributed by atoms with Crippen molar-refractivity contribution in [2.75, 3.05) is 6.61 Å². The maximum absolute atomic E-state index is 14.5. The molecule has 0 radical (unpaired) electrons. The third-order valence-corrected chi connectivity index (χ3v) is 3.84. The van der Waals surface area contributed by atoms with Crippen LogP contribution in [0.25, 0.3) is 0 Å². The molecular formula is C14H15BrF2O3. The van der Waals surface area contributed by atoms with Gasteiger partial charge < -0.3 is 9.84 Å². The third kappa shape index (κ3) is 2.80. The van der Waals surface area contributed by atoms with Crippen molar-refractivity contribution in [2.45, 2.75) is 32.6 Å². The summed E-state index contributed by atoms with van der Waals surface area (Å²) < 4.78 is 34.8. The Hall–Kier alpha value is -1.17. The number of aliphatic carboxylic acids is 1. The summed E-state index contributed by atoms with van der Waals surface area (Å²) in [4.78, 5) is 11.1. The lowest BCUT2D eigenvalue weighted by Gasteiger charge is -2.27. The van der Waals surface area contributed by atoms with Gasteiger partial charge in [-0.2, -0.15) is 0 Å². The Labute approximate surface area is 124 Å². The highest BCUT2D eigenvalue weighted by molar-refractivity contribution is 9.10. The lowest BCUT2D eigenvalue weighted by Crippen LogP contribution is -2.31. The number of fused-ring (bicyclic) bond motifs is 1. The second kappa shape index (κ2) is 4.98. The van der Waals surface area contributed by atoms with Crippen LogP contribution in [0.5, 0.6) is 5.75 Å². The quantitative estimate of drug-likeness (QED) is 0.895. The van der Waals surface area contributed by atoms with Crippen LogP contribution in [0.15, 0.2) is 16.6 Å². The number of carboxylic acid groups (broad SMARTS) is 1. The molecule has 1 aromatic carbocycles. The van der Waals surface area contributed by atoms with E-state index in [2.05, 4.69) is 15.9 Å². The van der Waals surface area contributed by atoms with Crippen molar-refractivity contribution in [3.05, 3.63) is 27.7 Å². The summed E-state index contributed by atoms with van der Waals surface area (Å²) in [6, 6.07) is 3.06. The normalized spacial score (nSPS) is 14.8. The summed E-state index contributed by atoms with van der Waals surface area (Å²) in [6.07, 6.45) is -0.193. The number of halogens is 3. The first-order valence-corrected chi connectivity index (χ1v) is 7.00. The molecule has 1 N–H and O–H groups in total. The van der Waals surface area contributed by atoms with Crippen LogP contribution in [0.3, 0.4) is 0 Å². The third-order valence-electron chi connectivity index (χ3n) is 3.39. The first-order valence-electron chi connectivity index (χ1n) is 6.20. The highest BCUT2D eigenvalue weighted by Gasteiger charge is 2.45. The second-order valence-electron chi connectivity index (χ2n) is 5.61. The van der Waals surface area contributed by atoms with Crippen molar-refractivity contribution in [1.29, 1.82) is 0 Å². The number of ether oxygens (including phenoxy) is 1. The van der Waals surface area contributed by atoms with Gasteiger partial charge in [0.2, 0.25) is 0 Å². The summed E-state index contributed by atoms with van der Waals surface area (Å²) in [7, 11) is 0. The molecular weight excluding hydrogens is 334 g/mol. The van der Waals surface area contributed by atoms with Gasteiger partial charge in [-0.1, -0.05) is 15.9 Å². The van der Waals surface area contributed by atoms with Gasteiger partial charge in [0.1, 0.15) is 5.75 Å². The van der Waals surface area contributed by atoms with Crippen LogP contribution in [0.4, 0.5) is 8.78 Å². The molecule has 2 rings (SSSR count). The molecule has 0 spiro atoms. The van der Waals surface area contributed by atoms with Gasteiger partial charge in [0.25, 0.3) is 5.92 Å². The lowest BCUT2D eigenvalue weighted by molar-refractivity contribution is -0.153. The Kier molecular flexibility index (Phi) is 3.79. The average molecular weight is 349 g/mol. The Balaban J connectivity index is 2.42. The minimum absolute atomic E-state index is 0.194. The van der Waals surface area contributed by atoms with E-state index >= 15 is 0 Å². The molecule has 0 atom stereocenters. The van der Waals surface area contributed by atoms with Gasteiger partial charge in [-0.05, 0) is 31.5 Å². The molecule has 0 saturated carbocycles.